The number of carbonyl (C=O) groups is 2. The summed E-state index contributed by atoms with van der Waals surface area (Å²) < 4.78 is 10.9. The number of aldehydes is 1. The van der Waals surface area contributed by atoms with E-state index in [2.05, 4.69) is 15.0 Å². The number of hydrazine groups is 1. The zero-order valence-corrected chi connectivity index (χ0v) is 19.8. The van der Waals surface area contributed by atoms with E-state index in [1.165, 1.54) is 30.4 Å². The maximum absolute atomic E-state index is 12.9. The highest BCUT2D eigenvalue weighted by Gasteiger charge is 2.33. The average molecular weight is 476 g/mol. The predicted octanol–water partition coefficient (Wildman–Crippen LogP) is 3.14. The minimum Gasteiger partial charge on any atom is -0.463 e. The molecule has 2 aromatic heterocycles. The van der Waals surface area contributed by atoms with Crippen LogP contribution in [-0.2, 0) is 11.3 Å². The molecule has 0 fully saturated rings. The first-order chi connectivity index (χ1) is 16.0. The van der Waals surface area contributed by atoms with Crippen molar-refractivity contribution in [2.24, 2.45) is 0 Å². The fraction of sp³-hybridized carbons (Fsp3) is 0.476. The second-order valence-electron chi connectivity index (χ2n) is 8.28. The van der Waals surface area contributed by atoms with Crippen molar-refractivity contribution in [2.75, 3.05) is 24.4 Å². The van der Waals surface area contributed by atoms with Crippen LogP contribution < -0.4 is 15.5 Å². The van der Waals surface area contributed by atoms with Gasteiger partial charge in [0.25, 0.3) is 0 Å². The van der Waals surface area contributed by atoms with Gasteiger partial charge in [-0.1, -0.05) is 13.3 Å². The zero-order valence-electron chi connectivity index (χ0n) is 19.8. The van der Waals surface area contributed by atoms with E-state index in [1.807, 2.05) is 6.92 Å². The summed E-state index contributed by atoms with van der Waals surface area (Å²) in [5, 5.41) is 14.1. The molecule has 0 aliphatic heterocycles. The second kappa shape index (κ2) is 11.2. The van der Waals surface area contributed by atoms with E-state index in [4.69, 9.17) is 15.2 Å². The number of nitro groups is 1. The van der Waals surface area contributed by atoms with E-state index in [-0.39, 0.29) is 25.0 Å². The molecule has 13 nitrogen and oxygen atoms in total. The molecular formula is C21H29N7O6. The molecule has 2 aromatic rings. The first-order valence-corrected chi connectivity index (χ1v) is 10.6. The van der Waals surface area contributed by atoms with Crippen LogP contribution in [0.2, 0.25) is 0 Å². The van der Waals surface area contributed by atoms with Crippen molar-refractivity contribution in [2.45, 2.75) is 52.7 Å². The van der Waals surface area contributed by atoms with Crippen LogP contribution in [0.3, 0.4) is 0 Å². The molecule has 0 radical (unpaired) electrons. The molecule has 184 valence electrons. The van der Waals surface area contributed by atoms with E-state index >= 15 is 0 Å². The van der Waals surface area contributed by atoms with Crippen LogP contribution in [0.4, 0.5) is 22.1 Å². The monoisotopic (exact) mass is 475 g/mol. The highest BCUT2D eigenvalue weighted by Crippen LogP contribution is 2.34. The van der Waals surface area contributed by atoms with Crippen LogP contribution in [0, 0.1) is 10.1 Å². The molecule has 0 aliphatic carbocycles. The van der Waals surface area contributed by atoms with Gasteiger partial charge in [0.05, 0.1) is 23.8 Å². The number of nitrogens with zero attached hydrogens (tertiary/aromatic N) is 6. The van der Waals surface area contributed by atoms with Crippen molar-refractivity contribution < 1.29 is 24.0 Å². The number of pyridine rings is 1. The van der Waals surface area contributed by atoms with E-state index < -0.39 is 28.1 Å². The average Bonchev–Trinajstić information content (AvgIpc) is 2.75. The summed E-state index contributed by atoms with van der Waals surface area (Å²) in [6.07, 6.45) is 2.80. The second-order valence-corrected chi connectivity index (χ2v) is 8.28. The maximum Gasteiger partial charge on any atom is 0.429 e. The lowest BCUT2D eigenvalue weighted by molar-refractivity contribution is -0.383. The minimum atomic E-state index is -0.836. The van der Waals surface area contributed by atoms with E-state index in [0.29, 0.717) is 24.0 Å². The van der Waals surface area contributed by atoms with Gasteiger partial charge in [0.1, 0.15) is 11.9 Å². The summed E-state index contributed by atoms with van der Waals surface area (Å²) in [7, 11) is 1.36. The van der Waals surface area contributed by atoms with E-state index in [0.717, 1.165) is 11.4 Å². The topological polar surface area (TPSA) is 167 Å². The molecule has 1 amide bonds. The van der Waals surface area contributed by atoms with Gasteiger partial charge >= 0.3 is 17.8 Å². The van der Waals surface area contributed by atoms with Gasteiger partial charge in [-0.05, 0) is 39.3 Å². The summed E-state index contributed by atoms with van der Waals surface area (Å²) in [5.41, 5.74) is 5.10. The van der Waals surface area contributed by atoms with Crippen LogP contribution in [0.5, 0.6) is 6.01 Å². The molecule has 0 spiro atoms. The fourth-order valence-electron chi connectivity index (χ4n) is 2.73. The highest BCUT2D eigenvalue weighted by atomic mass is 16.6. The lowest BCUT2D eigenvalue weighted by atomic mass is 10.2. The lowest BCUT2D eigenvalue weighted by Gasteiger charge is -2.33. The lowest BCUT2D eigenvalue weighted by Crippen LogP contribution is -2.46. The summed E-state index contributed by atoms with van der Waals surface area (Å²) >= 11 is 0. The van der Waals surface area contributed by atoms with Gasteiger partial charge in [-0.25, -0.2) is 9.80 Å². The Morgan fingerprint density at radius 1 is 1.32 bits per heavy atom. The molecule has 0 unspecified atom stereocenters. The summed E-state index contributed by atoms with van der Waals surface area (Å²) in [4.78, 5) is 47.5. The molecule has 0 aliphatic rings. The Morgan fingerprint density at radius 3 is 2.62 bits per heavy atom. The number of anilines is 2. The SMILES string of the molecule is CCCCOc1nc(N)c([N+](=O)[O-])c(N(Cc2cc(C=O)ccn2)N(C)C(=O)OC(C)(C)C)n1. The summed E-state index contributed by atoms with van der Waals surface area (Å²) in [5.74, 6) is -0.727. The van der Waals surface area contributed by atoms with E-state index in [1.54, 1.807) is 20.8 Å². The molecule has 2 heterocycles. The fourth-order valence-corrected chi connectivity index (χ4v) is 2.73. The minimum absolute atomic E-state index is 0.177. The molecule has 0 atom stereocenters. The number of aromatic nitrogens is 3. The van der Waals surface area contributed by atoms with Crippen molar-refractivity contribution in [3.8, 4) is 6.01 Å². The number of ether oxygens (including phenoxy) is 2. The van der Waals surface area contributed by atoms with Crippen LogP contribution in [0.1, 0.15) is 56.6 Å². The standard InChI is InChI=1S/C21H29N7O6/c1-6-7-10-33-19-24-17(22)16(28(31)32)18(25-19)27(26(5)20(30)34-21(2,3)4)12-15-11-14(13-29)8-9-23-15/h8-9,11,13H,6-7,10,12H2,1-5H3,(H2,22,24,25). The highest BCUT2D eigenvalue weighted by molar-refractivity contribution is 5.76. The van der Waals surface area contributed by atoms with Crippen molar-refractivity contribution in [1.82, 2.24) is 20.0 Å². The van der Waals surface area contributed by atoms with Crippen LogP contribution in [0.15, 0.2) is 18.3 Å². The Bertz CT molecular complexity index is 1040. The van der Waals surface area contributed by atoms with Gasteiger partial charge < -0.3 is 15.2 Å². The van der Waals surface area contributed by atoms with Gasteiger partial charge in [-0.3, -0.25) is 24.9 Å². The number of nitrogen functional groups attached to an aromatic ring is 1. The van der Waals surface area contributed by atoms with Crippen molar-refractivity contribution >= 4 is 29.7 Å². The molecule has 13 heteroatoms. The smallest absolute Gasteiger partial charge is 0.429 e. The Morgan fingerprint density at radius 2 is 2.03 bits per heavy atom. The molecule has 2 rings (SSSR count). The number of unbranched alkanes of at least 4 members (excludes halogenated alkanes) is 1. The number of nitrogens with two attached hydrogens (primary N) is 1. The first-order valence-electron chi connectivity index (χ1n) is 10.6. The largest absolute Gasteiger partial charge is 0.463 e. The molecule has 2 N–H and O–H groups in total. The Kier molecular flexibility index (Phi) is 8.64. The first kappa shape index (κ1) is 26.2. The summed E-state index contributed by atoms with van der Waals surface area (Å²) in [6, 6.07) is 2.81. The third kappa shape index (κ3) is 6.98. The van der Waals surface area contributed by atoms with Gasteiger partial charge in [0.15, 0.2) is 0 Å². The molecule has 0 saturated carbocycles. The number of carbonyl (C=O) groups excluding carboxylic acids is 2. The molecule has 0 saturated heterocycles. The maximum atomic E-state index is 12.9. The van der Waals surface area contributed by atoms with Crippen LogP contribution in [-0.4, -0.2) is 56.5 Å². The van der Waals surface area contributed by atoms with Gasteiger partial charge in [0, 0.05) is 18.8 Å². The Hall–Kier alpha value is -4.03. The quantitative estimate of drug-likeness (QED) is 0.232. The number of rotatable bonds is 10. The van der Waals surface area contributed by atoms with Gasteiger partial charge in [-0.2, -0.15) is 9.97 Å². The predicted molar refractivity (Wildman–Crippen MR) is 123 cm³/mol. The molecule has 0 bridgehead atoms. The van der Waals surface area contributed by atoms with Gasteiger partial charge in [-0.15, -0.1) is 0 Å². The number of hydrogen-bond donors (Lipinski definition) is 1. The van der Waals surface area contributed by atoms with Crippen molar-refractivity contribution in [1.29, 1.82) is 0 Å². The molecule has 0 aromatic carbocycles. The van der Waals surface area contributed by atoms with Gasteiger partial charge in [0.2, 0.25) is 11.6 Å². The third-order valence-electron chi connectivity index (χ3n) is 4.34. The van der Waals surface area contributed by atoms with Crippen molar-refractivity contribution in [3.05, 3.63) is 39.7 Å². The molecule has 34 heavy (non-hydrogen) atoms. The third-order valence-corrected chi connectivity index (χ3v) is 4.34. The van der Waals surface area contributed by atoms with Crippen LogP contribution in [0.25, 0.3) is 0 Å². The number of amides is 1. The molecular weight excluding hydrogens is 446 g/mol. The Balaban J connectivity index is 2.62. The van der Waals surface area contributed by atoms with E-state index in [9.17, 15) is 19.7 Å². The van der Waals surface area contributed by atoms with Crippen molar-refractivity contribution in [3.63, 3.8) is 0 Å². The summed E-state index contributed by atoms with van der Waals surface area (Å²) in [6.45, 7) is 7.12. The normalized spacial score (nSPS) is 11.0. The zero-order chi connectivity index (χ0) is 25.5. The van der Waals surface area contributed by atoms with Crippen LogP contribution >= 0.6 is 0 Å². The number of hydrogen-bond acceptors (Lipinski definition) is 11. The Labute approximate surface area is 197 Å².